The monoisotopic (exact) mass is 380 g/mol. The van der Waals surface area contributed by atoms with Gasteiger partial charge in [-0.25, -0.2) is 4.79 Å². The molecule has 10 heteroatoms. The minimum Gasteiger partial charge on any atom is -0.477 e. The largest absolute Gasteiger partial charge is 0.477 e. The Labute approximate surface area is 155 Å². The smallest absolute Gasteiger partial charge is 0.352 e. The fraction of sp³-hybridized carbons (Fsp3) is 0.647. The van der Waals surface area contributed by atoms with Crippen molar-refractivity contribution in [1.29, 1.82) is 0 Å². The molecule has 0 bridgehead atoms. The molecule has 1 saturated heterocycles. The molecule has 5 N–H and O–H groups in total. The predicted molar refractivity (Wildman–Crippen MR) is 93.6 cm³/mol. The van der Waals surface area contributed by atoms with Crippen molar-refractivity contribution < 1.29 is 29.7 Å². The second-order valence-electron chi connectivity index (χ2n) is 7.04. The van der Waals surface area contributed by atoms with E-state index in [1.165, 1.54) is 4.90 Å². The van der Waals surface area contributed by atoms with Crippen LogP contribution in [0.5, 0.6) is 0 Å². The van der Waals surface area contributed by atoms with Crippen molar-refractivity contribution in [2.45, 2.75) is 31.9 Å². The van der Waals surface area contributed by atoms with Crippen molar-refractivity contribution in [2.75, 3.05) is 26.2 Å². The fourth-order valence-electron chi connectivity index (χ4n) is 4.01. The van der Waals surface area contributed by atoms with Gasteiger partial charge in [-0.15, -0.1) is 0 Å². The summed E-state index contributed by atoms with van der Waals surface area (Å²) in [6.45, 7) is 2.34. The first-order valence-corrected chi connectivity index (χ1v) is 8.97. The van der Waals surface area contributed by atoms with Gasteiger partial charge in [0.15, 0.2) is 0 Å². The van der Waals surface area contributed by atoms with Crippen molar-refractivity contribution in [3.05, 3.63) is 11.3 Å². The molecule has 148 valence electrons. The van der Waals surface area contributed by atoms with Crippen LogP contribution in [0, 0.1) is 11.8 Å². The molecule has 0 aliphatic carbocycles. The number of hydrogen-bond donors (Lipinski definition) is 5. The summed E-state index contributed by atoms with van der Waals surface area (Å²) in [5.41, 5.74) is 0.664. The highest BCUT2D eigenvalue weighted by molar-refractivity contribution is 6.01. The molecule has 10 nitrogen and oxygen atoms in total. The number of aliphatic hydroxyl groups excluding tert-OH is 2. The number of rotatable bonds is 7. The van der Waals surface area contributed by atoms with Crippen LogP contribution in [0.3, 0.4) is 0 Å². The summed E-state index contributed by atoms with van der Waals surface area (Å²) < 4.78 is 0. The van der Waals surface area contributed by atoms with Gasteiger partial charge in [-0.1, -0.05) is 0 Å². The number of amides is 2. The number of nitrogens with one attached hydrogen (secondary N) is 2. The van der Waals surface area contributed by atoms with Crippen LogP contribution in [0.2, 0.25) is 0 Å². The molecule has 0 spiro atoms. The van der Waals surface area contributed by atoms with Gasteiger partial charge in [-0.2, -0.15) is 0 Å². The lowest BCUT2D eigenvalue weighted by Crippen LogP contribution is -2.61. The third-order valence-corrected chi connectivity index (χ3v) is 5.28. The van der Waals surface area contributed by atoms with Crippen LogP contribution >= 0.6 is 0 Å². The Morgan fingerprint density at radius 3 is 2.74 bits per heavy atom. The topological polar surface area (TPSA) is 152 Å². The van der Waals surface area contributed by atoms with Gasteiger partial charge in [-0.3, -0.25) is 14.6 Å². The molecule has 27 heavy (non-hydrogen) atoms. The fourth-order valence-corrected chi connectivity index (χ4v) is 4.01. The number of hydrogen-bond acceptors (Lipinski definition) is 7. The zero-order valence-corrected chi connectivity index (χ0v) is 15.0. The van der Waals surface area contributed by atoms with E-state index in [-0.39, 0.29) is 49.0 Å². The van der Waals surface area contributed by atoms with E-state index in [2.05, 4.69) is 15.6 Å². The third kappa shape index (κ3) is 3.54. The number of carbonyl (C=O) groups is 3. The first-order valence-electron chi connectivity index (χ1n) is 8.97. The van der Waals surface area contributed by atoms with Crippen molar-refractivity contribution in [3.63, 3.8) is 0 Å². The summed E-state index contributed by atoms with van der Waals surface area (Å²) in [6, 6.07) is -0.312. The number of aliphatic imine (C=N–C) groups is 1. The molecule has 1 fully saturated rings. The van der Waals surface area contributed by atoms with Gasteiger partial charge in [0.1, 0.15) is 11.5 Å². The summed E-state index contributed by atoms with van der Waals surface area (Å²) >= 11 is 0. The Hall–Kier alpha value is -2.46. The Balaban J connectivity index is 1.69. The van der Waals surface area contributed by atoms with Crippen molar-refractivity contribution >= 4 is 23.6 Å². The van der Waals surface area contributed by atoms with E-state index in [1.54, 1.807) is 6.92 Å². The standard InChI is InChI=1S/C17H24N4O6/c1-8(23)14-11-4-10(15(17(26)27)21(11)16(14)25)9-6-19-12(20-7-9)5-13(24)18-2-3-22/h8-9,11,14,22-23H,2-7H2,1H3,(H,18,24)(H,19,20)(H,26,27)/t8-,11-,14-/m1/s1. The van der Waals surface area contributed by atoms with Crippen LogP contribution < -0.4 is 10.6 Å². The second-order valence-corrected chi connectivity index (χ2v) is 7.04. The summed E-state index contributed by atoms with van der Waals surface area (Å²) in [5, 5.41) is 33.7. The van der Waals surface area contributed by atoms with Crippen LogP contribution in [0.1, 0.15) is 19.8 Å². The molecular weight excluding hydrogens is 356 g/mol. The quantitative estimate of drug-likeness (QED) is 0.322. The maximum atomic E-state index is 12.3. The number of β-lactam (4-membered cyclic amide) rings is 1. The Morgan fingerprint density at radius 1 is 1.44 bits per heavy atom. The molecule has 0 aromatic rings. The maximum absolute atomic E-state index is 12.3. The van der Waals surface area contributed by atoms with Crippen molar-refractivity contribution in [3.8, 4) is 0 Å². The van der Waals surface area contributed by atoms with E-state index < -0.39 is 18.0 Å². The maximum Gasteiger partial charge on any atom is 0.352 e. The van der Waals surface area contributed by atoms with Crippen LogP contribution in [0.25, 0.3) is 0 Å². The summed E-state index contributed by atoms with van der Waals surface area (Å²) in [5.74, 6) is -2.00. The minimum atomic E-state index is -1.15. The number of aliphatic carboxylic acids is 1. The van der Waals surface area contributed by atoms with Crippen molar-refractivity contribution in [2.24, 2.45) is 16.8 Å². The van der Waals surface area contributed by atoms with E-state index in [1.807, 2.05) is 0 Å². The molecule has 3 rings (SSSR count). The van der Waals surface area contributed by atoms with Gasteiger partial charge < -0.3 is 30.9 Å². The molecule has 0 aromatic carbocycles. The highest BCUT2D eigenvalue weighted by Crippen LogP contribution is 2.45. The summed E-state index contributed by atoms with van der Waals surface area (Å²) in [7, 11) is 0. The highest BCUT2D eigenvalue weighted by Gasteiger charge is 2.57. The number of carboxylic acid groups (broad SMARTS) is 1. The molecule has 3 heterocycles. The van der Waals surface area contributed by atoms with E-state index in [4.69, 9.17) is 5.11 Å². The van der Waals surface area contributed by atoms with E-state index in [0.29, 0.717) is 30.9 Å². The Morgan fingerprint density at radius 2 is 2.19 bits per heavy atom. The van der Waals surface area contributed by atoms with Gasteiger partial charge in [0.25, 0.3) is 0 Å². The van der Waals surface area contributed by atoms with E-state index in [0.717, 1.165) is 0 Å². The molecule has 0 saturated carbocycles. The zero-order chi connectivity index (χ0) is 19.7. The number of nitrogens with zero attached hydrogens (tertiary/aromatic N) is 2. The second kappa shape index (κ2) is 7.65. The molecule has 2 amide bonds. The molecule has 3 aliphatic heterocycles. The van der Waals surface area contributed by atoms with Crippen molar-refractivity contribution in [1.82, 2.24) is 15.5 Å². The normalized spacial score (nSPS) is 28.1. The third-order valence-electron chi connectivity index (χ3n) is 5.28. The summed E-state index contributed by atoms with van der Waals surface area (Å²) in [4.78, 5) is 41.3. The summed E-state index contributed by atoms with van der Waals surface area (Å²) in [6.07, 6.45) is -0.342. The van der Waals surface area contributed by atoms with Crippen LogP contribution in [-0.4, -0.2) is 82.2 Å². The van der Waals surface area contributed by atoms with Crippen LogP contribution in [0.15, 0.2) is 16.3 Å². The lowest BCUT2D eigenvalue weighted by atomic mass is 9.82. The highest BCUT2D eigenvalue weighted by atomic mass is 16.4. The van der Waals surface area contributed by atoms with E-state index >= 15 is 0 Å². The van der Waals surface area contributed by atoms with Gasteiger partial charge in [0, 0.05) is 25.6 Å². The SMILES string of the molecule is C[C@@H](O)[C@H]1C(=O)N2C(C(=O)O)=C(C3CN=C(CC(=O)NCCO)NC3)C[C@H]12. The average molecular weight is 380 g/mol. The van der Waals surface area contributed by atoms with Crippen LogP contribution in [-0.2, 0) is 14.4 Å². The number of carbonyl (C=O) groups excluding carboxylic acids is 2. The number of carboxylic acids is 1. The molecule has 0 radical (unpaired) electrons. The average Bonchev–Trinajstić information content (AvgIpc) is 2.95. The lowest BCUT2D eigenvalue weighted by molar-refractivity contribution is -0.161. The predicted octanol–water partition coefficient (Wildman–Crippen LogP) is -1.95. The molecule has 1 unspecified atom stereocenters. The van der Waals surface area contributed by atoms with Crippen LogP contribution in [0.4, 0.5) is 0 Å². The zero-order valence-electron chi connectivity index (χ0n) is 15.0. The number of amidine groups is 1. The van der Waals surface area contributed by atoms with Gasteiger partial charge >= 0.3 is 5.97 Å². The first-order chi connectivity index (χ1) is 12.8. The van der Waals surface area contributed by atoms with Gasteiger partial charge in [0.2, 0.25) is 11.8 Å². The number of fused-ring (bicyclic) bond motifs is 1. The van der Waals surface area contributed by atoms with Gasteiger partial charge in [-0.05, 0) is 18.9 Å². The Bertz CT molecular complexity index is 716. The molecular formula is C17H24N4O6. The first kappa shape index (κ1) is 19.3. The van der Waals surface area contributed by atoms with Gasteiger partial charge in [0.05, 0.1) is 31.1 Å². The minimum absolute atomic E-state index is 0.00744. The molecule has 4 atom stereocenters. The number of aliphatic hydroxyl groups is 2. The van der Waals surface area contributed by atoms with E-state index in [9.17, 15) is 24.6 Å². The molecule has 0 aromatic heterocycles. The molecule has 3 aliphatic rings. The lowest BCUT2D eigenvalue weighted by Gasteiger charge is -2.44. The Kier molecular flexibility index (Phi) is 5.47.